The number of fused-ring (bicyclic) bond motifs is 2. The third-order valence-electron chi connectivity index (χ3n) is 4.83. The molecule has 2 aliphatic rings. The van der Waals surface area contributed by atoms with E-state index in [1.165, 1.54) is 31.4 Å². The van der Waals surface area contributed by atoms with Crippen LogP contribution < -0.4 is 0 Å². The zero-order chi connectivity index (χ0) is 14.6. The number of likely N-dealkylation sites (tertiary alicyclic amines) is 1. The van der Waals surface area contributed by atoms with Crippen molar-refractivity contribution in [3.8, 4) is 0 Å². The molecular weight excluding hydrogens is 289 g/mol. The number of H-pyrrole nitrogens is 2. The number of nitrogens with zero attached hydrogens (tertiary/aromatic N) is 1. The summed E-state index contributed by atoms with van der Waals surface area (Å²) in [6, 6.07) is 2.66. The van der Waals surface area contributed by atoms with Crippen molar-refractivity contribution in [2.24, 2.45) is 11.8 Å². The van der Waals surface area contributed by atoms with Gasteiger partial charge in [-0.2, -0.15) is 0 Å². The van der Waals surface area contributed by atoms with Gasteiger partial charge in [-0.15, -0.1) is 0 Å². The molecule has 1 aliphatic heterocycles. The number of aromatic nitrogens is 2. The highest BCUT2D eigenvalue weighted by atomic mass is 32.1. The summed E-state index contributed by atoms with van der Waals surface area (Å²) >= 11 is 5.04. The van der Waals surface area contributed by atoms with E-state index in [1.807, 2.05) is 4.90 Å². The van der Waals surface area contributed by atoms with Gasteiger partial charge in [0, 0.05) is 13.1 Å². The molecule has 0 spiro atoms. The Hall–Kier alpha value is -1.69. The molecule has 4 nitrogen and oxygen atoms in total. The Bertz CT molecular complexity index is 769. The summed E-state index contributed by atoms with van der Waals surface area (Å²) in [5.41, 5.74) is 1.52. The standard InChI is InChI=1S/C15H16FN3OS/c16-10-4-11(13-12(5-10)17-15(21)18-13)14(20)19-6-8-2-1-3-9(8)7-19/h4-5,8-9H,1-3,6-7H2,(H2,17,18,21)/t8-,9+. The Morgan fingerprint density at radius 2 is 1.95 bits per heavy atom. The van der Waals surface area contributed by atoms with Gasteiger partial charge >= 0.3 is 0 Å². The average Bonchev–Trinajstić information content (AvgIpc) is 3.08. The second-order valence-electron chi connectivity index (χ2n) is 6.12. The molecule has 6 heteroatoms. The SMILES string of the molecule is O=C(c1cc(F)cc2[nH]c(=S)[nH]c12)N1C[C@H]2CCC[C@H]2C1. The van der Waals surface area contributed by atoms with Gasteiger partial charge in [0.1, 0.15) is 5.82 Å². The van der Waals surface area contributed by atoms with Crippen LogP contribution in [-0.2, 0) is 0 Å². The number of halogens is 1. The van der Waals surface area contributed by atoms with E-state index in [9.17, 15) is 9.18 Å². The Morgan fingerprint density at radius 3 is 2.67 bits per heavy atom. The van der Waals surface area contributed by atoms with E-state index >= 15 is 0 Å². The van der Waals surface area contributed by atoms with Crippen molar-refractivity contribution in [2.75, 3.05) is 13.1 Å². The van der Waals surface area contributed by atoms with Gasteiger partial charge in [-0.1, -0.05) is 6.42 Å². The molecule has 0 radical (unpaired) electrons. The summed E-state index contributed by atoms with van der Waals surface area (Å²) in [7, 11) is 0. The van der Waals surface area contributed by atoms with Crippen molar-refractivity contribution >= 4 is 29.2 Å². The summed E-state index contributed by atoms with van der Waals surface area (Å²) in [5.74, 6) is 0.736. The lowest BCUT2D eigenvalue weighted by Gasteiger charge is -2.17. The van der Waals surface area contributed by atoms with Crippen molar-refractivity contribution in [1.29, 1.82) is 0 Å². The van der Waals surface area contributed by atoms with Gasteiger partial charge in [-0.05, 0) is 49.0 Å². The van der Waals surface area contributed by atoms with E-state index in [4.69, 9.17) is 12.2 Å². The number of rotatable bonds is 1. The molecule has 110 valence electrons. The average molecular weight is 305 g/mol. The van der Waals surface area contributed by atoms with Gasteiger partial charge in [-0.25, -0.2) is 4.39 Å². The number of carbonyl (C=O) groups is 1. The Kier molecular flexibility index (Phi) is 2.89. The maximum Gasteiger partial charge on any atom is 0.256 e. The summed E-state index contributed by atoms with van der Waals surface area (Å²) in [6.07, 6.45) is 3.69. The first-order valence-corrected chi connectivity index (χ1v) is 7.73. The number of hydrogen-bond donors (Lipinski definition) is 2. The van der Waals surface area contributed by atoms with Crippen molar-refractivity contribution in [3.05, 3.63) is 28.3 Å². The fraction of sp³-hybridized carbons (Fsp3) is 0.467. The lowest BCUT2D eigenvalue weighted by atomic mass is 10.0. The van der Waals surface area contributed by atoms with E-state index in [-0.39, 0.29) is 5.91 Å². The monoisotopic (exact) mass is 305 g/mol. The molecule has 21 heavy (non-hydrogen) atoms. The fourth-order valence-corrected chi connectivity index (χ4v) is 4.06. The minimum absolute atomic E-state index is 0.0980. The number of carbonyl (C=O) groups excluding carboxylic acids is 1. The number of hydrogen-bond acceptors (Lipinski definition) is 2. The highest BCUT2D eigenvalue weighted by molar-refractivity contribution is 7.71. The van der Waals surface area contributed by atoms with Crippen molar-refractivity contribution in [2.45, 2.75) is 19.3 Å². The normalized spacial score (nSPS) is 24.7. The van der Waals surface area contributed by atoms with E-state index in [1.54, 1.807) is 0 Å². The van der Waals surface area contributed by atoms with Crippen LogP contribution in [0.25, 0.3) is 11.0 Å². The quantitative estimate of drug-likeness (QED) is 0.795. The Labute approximate surface area is 126 Å². The van der Waals surface area contributed by atoms with Gasteiger partial charge in [0.15, 0.2) is 4.77 Å². The molecule has 1 aliphatic carbocycles. The molecule has 1 aromatic carbocycles. The van der Waals surface area contributed by atoms with Crippen LogP contribution >= 0.6 is 12.2 Å². The molecule has 1 amide bonds. The molecule has 1 saturated carbocycles. The maximum absolute atomic E-state index is 13.7. The molecule has 2 aromatic rings. The van der Waals surface area contributed by atoms with E-state index in [0.717, 1.165) is 13.1 Å². The summed E-state index contributed by atoms with van der Waals surface area (Å²) in [6.45, 7) is 1.60. The molecular formula is C15H16FN3OS. The zero-order valence-corrected chi connectivity index (χ0v) is 12.3. The first-order valence-electron chi connectivity index (χ1n) is 7.32. The number of imidazole rings is 1. The largest absolute Gasteiger partial charge is 0.338 e. The van der Waals surface area contributed by atoms with E-state index in [0.29, 0.717) is 33.2 Å². The Balaban J connectivity index is 1.72. The molecule has 0 bridgehead atoms. The van der Waals surface area contributed by atoms with Gasteiger partial charge in [-0.3, -0.25) is 4.79 Å². The molecule has 2 N–H and O–H groups in total. The van der Waals surface area contributed by atoms with Crippen molar-refractivity contribution in [3.63, 3.8) is 0 Å². The third kappa shape index (κ3) is 2.09. The van der Waals surface area contributed by atoms with Crippen molar-refractivity contribution in [1.82, 2.24) is 14.9 Å². The predicted octanol–water partition coefficient (Wildman–Crippen LogP) is 3.24. The van der Waals surface area contributed by atoms with E-state index in [2.05, 4.69) is 9.97 Å². The molecule has 2 fully saturated rings. The molecule has 1 aromatic heterocycles. The molecule has 1 saturated heterocycles. The van der Waals surface area contributed by atoms with Crippen LogP contribution in [-0.4, -0.2) is 33.9 Å². The minimum atomic E-state index is -0.421. The number of amides is 1. The topological polar surface area (TPSA) is 51.9 Å². The van der Waals surface area contributed by atoms with Crippen LogP contribution in [0.4, 0.5) is 4.39 Å². The van der Waals surface area contributed by atoms with Crippen LogP contribution in [0, 0.1) is 22.4 Å². The molecule has 2 heterocycles. The van der Waals surface area contributed by atoms with Gasteiger partial charge < -0.3 is 14.9 Å². The smallest absolute Gasteiger partial charge is 0.256 e. The second-order valence-corrected chi connectivity index (χ2v) is 6.52. The highest BCUT2D eigenvalue weighted by Gasteiger charge is 2.38. The predicted molar refractivity (Wildman–Crippen MR) is 80.2 cm³/mol. The third-order valence-corrected chi connectivity index (χ3v) is 5.04. The molecule has 4 rings (SSSR count). The lowest BCUT2D eigenvalue weighted by Crippen LogP contribution is -2.29. The Morgan fingerprint density at radius 1 is 1.24 bits per heavy atom. The van der Waals surface area contributed by atoms with Gasteiger partial charge in [0.2, 0.25) is 0 Å². The second kappa shape index (κ2) is 4.66. The number of benzene rings is 1. The van der Waals surface area contributed by atoms with Crippen LogP contribution in [0.15, 0.2) is 12.1 Å². The maximum atomic E-state index is 13.7. The van der Waals surface area contributed by atoms with Gasteiger partial charge in [0.25, 0.3) is 5.91 Å². The van der Waals surface area contributed by atoms with Crippen LogP contribution in [0.2, 0.25) is 0 Å². The minimum Gasteiger partial charge on any atom is -0.338 e. The number of aromatic amines is 2. The first kappa shape index (κ1) is 13.0. The molecule has 0 unspecified atom stereocenters. The number of nitrogens with one attached hydrogen (secondary N) is 2. The van der Waals surface area contributed by atoms with E-state index < -0.39 is 5.82 Å². The lowest BCUT2D eigenvalue weighted by molar-refractivity contribution is 0.0782. The van der Waals surface area contributed by atoms with Crippen LogP contribution in [0.3, 0.4) is 0 Å². The highest BCUT2D eigenvalue weighted by Crippen LogP contribution is 2.38. The van der Waals surface area contributed by atoms with Crippen LogP contribution in [0.1, 0.15) is 29.6 Å². The zero-order valence-electron chi connectivity index (χ0n) is 11.5. The molecule has 2 atom stereocenters. The van der Waals surface area contributed by atoms with Gasteiger partial charge in [0.05, 0.1) is 16.6 Å². The van der Waals surface area contributed by atoms with Crippen LogP contribution in [0.5, 0.6) is 0 Å². The summed E-state index contributed by atoms with van der Waals surface area (Å²) in [5, 5.41) is 0. The summed E-state index contributed by atoms with van der Waals surface area (Å²) < 4.78 is 14.2. The fourth-order valence-electron chi connectivity index (χ4n) is 3.85. The summed E-state index contributed by atoms with van der Waals surface area (Å²) in [4.78, 5) is 20.4. The van der Waals surface area contributed by atoms with Crippen molar-refractivity contribution < 1.29 is 9.18 Å². The first-order chi connectivity index (χ1) is 10.1.